The maximum Gasteiger partial charge on any atom is 0.251 e. The summed E-state index contributed by atoms with van der Waals surface area (Å²) in [6.07, 6.45) is 1.65. The van der Waals surface area contributed by atoms with Crippen LogP contribution in [0.1, 0.15) is 22.8 Å². The number of carbonyl (C=O) groups is 1. The fourth-order valence-corrected chi connectivity index (χ4v) is 2.31. The summed E-state index contributed by atoms with van der Waals surface area (Å²) >= 11 is 11.8. The van der Waals surface area contributed by atoms with Crippen molar-refractivity contribution in [2.24, 2.45) is 0 Å². The predicted molar refractivity (Wildman–Crippen MR) is 83.0 cm³/mol. The molecule has 4 nitrogen and oxygen atoms in total. The molecule has 21 heavy (non-hydrogen) atoms. The summed E-state index contributed by atoms with van der Waals surface area (Å²) in [7, 11) is 0. The monoisotopic (exact) mass is 324 g/mol. The Balaban J connectivity index is 2.07. The lowest BCUT2D eigenvalue weighted by atomic mass is 10.2. The third-order valence-corrected chi connectivity index (χ3v) is 3.13. The second-order valence-electron chi connectivity index (χ2n) is 4.24. The van der Waals surface area contributed by atoms with Gasteiger partial charge < -0.3 is 10.1 Å². The highest BCUT2D eigenvalue weighted by molar-refractivity contribution is 6.35. The molecule has 0 aliphatic heterocycles. The Morgan fingerprint density at radius 2 is 2.00 bits per heavy atom. The van der Waals surface area contributed by atoms with Gasteiger partial charge in [-0.2, -0.15) is 0 Å². The van der Waals surface area contributed by atoms with E-state index < -0.39 is 0 Å². The highest BCUT2D eigenvalue weighted by Crippen LogP contribution is 2.19. The molecular weight excluding hydrogens is 311 g/mol. The van der Waals surface area contributed by atoms with Crippen LogP contribution in [0.3, 0.4) is 0 Å². The van der Waals surface area contributed by atoms with Crippen LogP contribution < -0.4 is 10.1 Å². The number of benzene rings is 1. The summed E-state index contributed by atoms with van der Waals surface area (Å²) in [5, 5.41) is 3.63. The van der Waals surface area contributed by atoms with E-state index in [1.54, 1.807) is 30.5 Å². The molecule has 1 N–H and O–H groups in total. The molecule has 0 unspecified atom stereocenters. The molecule has 6 heteroatoms. The lowest BCUT2D eigenvalue weighted by molar-refractivity contribution is 0.0950. The van der Waals surface area contributed by atoms with Crippen molar-refractivity contribution in [1.29, 1.82) is 0 Å². The molecule has 0 spiro atoms. The van der Waals surface area contributed by atoms with Crippen molar-refractivity contribution in [1.82, 2.24) is 10.3 Å². The smallest absolute Gasteiger partial charge is 0.251 e. The van der Waals surface area contributed by atoms with E-state index in [4.69, 9.17) is 27.9 Å². The largest absolute Gasteiger partial charge is 0.478 e. The summed E-state index contributed by atoms with van der Waals surface area (Å²) in [6, 6.07) is 8.35. The fraction of sp³-hybridized carbons (Fsp3) is 0.200. The van der Waals surface area contributed by atoms with Crippen LogP contribution in [-0.2, 0) is 6.54 Å². The standard InChI is InChI=1S/C15H14Cl2N2O2/c1-2-21-15-10(4-3-5-18-15)9-19-14(20)11-6-12(16)8-13(17)7-11/h3-8H,2,9H2,1H3,(H,19,20). The quantitative estimate of drug-likeness (QED) is 0.911. The Morgan fingerprint density at radius 1 is 1.29 bits per heavy atom. The molecule has 2 aromatic rings. The Bertz CT molecular complexity index is 627. The topological polar surface area (TPSA) is 51.2 Å². The molecule has 0 saturated carbocycles. The Morgan fingerprint density at radius 3 is 2.67 bits per heavy atom. The second kappa shape index (κ2) is 7.29. The molecule has 0 fully saturated rings. The minimum atomic E-state index is -0.259. The van der Waals surface area contributed by atoms with Crippen LogP contribution in [0.2, 0.25) is 10.0 Å². The molecule has 1 amide bonds. The van der Waals surface area contributed by atoms with Crippen LogP contribution in [0.5, 0.6) is 5.88 Å². The normalized spacial score (nSPS) is 10.2. The third-order valence-electron chi connectivity index (χ3n) is 2.70. The van der Waals surface area contributed by atoms with Gasteiger partial charge in [-0.1, -0.05) is 29.3 Å². The highest BCUT2D eigenvalue weighted by atomic mass is 35.5. The molecule has 1 aromatic carbocycles. The summed E-state index contributed by atoms with van der Waals surface area (Å²) in [5.74, 6) is 0.259. The molecule has 0 saturated heterocycles. The molecular formula is C15H14Cl2N2O2. The van der Waals surface area contributed by atoms with Crippen molar-refractivity contribution in [3.05, 3.63) is 57.7 Å². The van der Waals surface area contributed by atoms with E-state index >= 15 is 0 Å². The number of halogens is 2. The average molecular weight is 325 g/mol. The first kappa shape index (κ1) is 15.6. The van der Waals surface area contributed by atoms with Gasteiger partial charge in [0.2, 0.25) is 5.88 Å². The minimum Gasteiger partial charge on any atom is -0.478 e. The molecule has 0 aliphatic carbocycles. The van der Waals surface area contributed by atoms with Crippen LogP contribution in [0, 0.1) is 0 Å². The summed E-state index contributed by atoms with van der Waals surface area (Å²) in [6.45, 7) is 2.71. The van der Waals surface area contributed by atoms with E-state index in [9.17, 15) is 4.79 Å². The number of ether oxygens (including phenoxy) is 1. The van der Waals surface area contributed by atoms with Crippen molar-refractivity contribution in [2.45, 2.75) is 13.5 Å². The van der Waals surface area contributed by atoms with Crippen molar-refractivity contribution in [3.63, 3.8) is 0 Å². The van der Waals surface area contributed by atoms with Crippen LogP contribution in [0.4, 0.5) is 0 Å². The fourth-order valence-electron chi connectivity index (χ4n) is 1.79. The summed E-state index contributed by atoms with van der Waals surface area (Å²) in [5.41, 5.74) is 1.22. The molecule has 1 heterocycles. The number of hydrogen-bond acceptors (Lipinski definition) is 3. The first-order valence-corrected chi connectivity index (χ1v) is 7.16. The molecule has 1 aromatic heterocycles. The molecule has 2 rings (SSSR count). The van der Waals surface area contributed by atoms with Gasteiger partial charge in [-0.15, -0.1) is 0 Å². The van der Waals surface area contributed by atoms with Crippen LogP contribution in [-0.4, -0.2) is 17.5 Å². The van der Waals surface area contributed by atoms with Gasteiger partial charge in [-0.25, -0.2) is 4.98 Å². The average Bonchev–Trinajstić information content (AvgIpc) is 2.45. The second-order valence-corrected chi connectivity index (χ2v) is 5.11. The van der Waals surface area contributed by atoms with Gasteiger partial charge in [0.25, 0.3) is 5.91 Å². The van der Waals surface area contributed by atoms with E-state index in [2.05, 4.69) is 10.3 Å². The Kier molecular flexibility index (Phi) is 5.42. The van der Waals surface area contributed by atoms with Gasteiger partial charge in [0, 0.05) is 33.9 Å². The van der Waals surface area contributed by atoms with E-state index in [0.717, 1.165) is 5.56 Å². The first-order chi connectivity index (χ1) is 10.1. The maximum absolute atomic E-state index is 12.1. The van der Waals surface area contributed by atoms with Gasteiger partial charge in [0.05, 0.1) is 6.61 Å². The summed E-state index contributed by atoms with van der Waals surface area (Å²) in [4.78, 5) is 16.2. The predicted octanol–water partition coefficient (Wildman–Crippen LogP) is 3.72. The lowest BCUT2D eigenvalue weighted by Crippen LogP contribution is -2.23. The molecule has 110 valence electrons. The SMILES string of the molecule is CCOc1ncccc1CNC(=O)c1cc(Cl)cc(Cl)c1. The van der Waals surface area contributed by atoms with E-state index in [0.29, 0.717) is 34.6 Å². The van der Waals surface area contributed by atoms with Gasteiger partial charge in [-0.05, 0) is 31.2 Å². The van der Waals surface area contributed by atoms with Gasteiger partial charge in [-0.3, -0.25) is 4.79 Å². The van der Waals surface area contributed by atoms with Gasteiger partial charge in [0.1, 0.15) is 0 Å². The number of carbonyl (C=O) groups excluding carboxylic acids is 1. The number of aromatic nitrogens is 1. The van der Waals surface area contributed by atoms with Crippen LogP contribution >= 0.6 is 23.2 Å². The van der Waals surface area contributed by atoms with Crippen molar-refractivity contribution >= 4 is 29.1 Å². The molecule has 0 radical (unpaired) electrons. The first-order valence-electron chi connectivity index (χ1n) is 6.41. The number of amides is 1. The maximum atomic E-state index is 12.1. The zero-order valence-electron chi connectivity index (χ0n) is 11.4. The highest BCUT2D eigenvalue weighted by Gasteiger charge is 2.10. The van der Waals surface area contributed by atoms with Gasteiger partial charge >= 0.3 is 0 Å². The zero-order chi connectivity index (χ0) is 15.2. The van der Waals surface area contributed by atoms with Crippen molar-refractivity contribution in [2.75, 3.05) is 6.61 Å². The molecule has 0 atom stereocenters. The number of nitrogens with zero attached hydrogens (tertiary/aromatic N) is 1. The van der Waals surface area contributed by atoms with E-state index in [1.165, 1.54) is 0 Å². The van der Waals surface area contributed by atoms with Crippen molar-refractivity contribution in [3.8, 4) is 5.88 Å². The Labute approximate surface area is 133 Å². The van der Waals surface area contributed by atoms with Crippen molar-refractivity contribution < 1.29 is 9.53 Å². The number of hydrogen-bond donors (Lipinski definition) is 1. The van der Waals surface area contributed by atoms with E-state index in [-0.39, 0.29) is 5.91 Å². The number of pyridine rings is 1. The van der Waals surface area contributed by atoms with Gasteiger partial charge in [0.15, 0.2) is 0 Å². The molecule has 0 aliphatic rings. The summed E-state index contributed by atoms with van der Waals surface area (Å²) < 4.78 is 5.41. The number of nitrogens with one attached hydrogen (secondary N) is 1. The van der Waals surface area contributed by atoms with E-state index in [1.807, 2.05) is 13.0 Å². The molecule has 0 bridgehead atoms. The Hall–Kier alpha value is -1.78. The van der Waals surface area contributed by atoms with Crippen LogP contribution in [0.15, 0.2) is 36.5 Å². The zero-order valence-corrected chi connectivity index (χ0v) is 12.9. The minimum absolute atomic E-state index is 0.259. The number of rotatable bonds is 5. The van der Waals surface area contributed by atoms with Crippen LogP contribution in [0.25, 0.3) is 0 Å². The lowest BCUT2D eigenvalue weighted by Gasteiger charge is -2.10. The third kappa shape index (κ3) is 4.34.